The molecule has 1 amide bonds. The van der Waals surface area contributed by atoms with Crippen LogP contribution in [0.5, 0.6) is 0 Å². The summed E-state index contributed by atoms with van der Waals surface area (Å²) in [7, 11) is 1.99. The monoisotopic (exact) mass is 142 g/mol. The standard InChI is InChI=1S/C7H14N2O/c1-3-6-4-8-7(10)5-9(6)2/h6H,3-5H2,1-2H3,(H,8,10)/t6-/m1/s1. The molecule has 0 saturated carbocycles. The summed E-state index contributed by atoms with van der Waals surface area (Å²) in [6.07, 6.45) is 1.11. The smallest absolute Gasteiger partial charge is 0.234 e. The first kappa shape index (κ1) is 7.54. The summed E-state index contributed by atoms with van der Waals surface area (Å²) in [5.41, 5.74) is 0. The maximum Gasteiger partial charge on any atom is 0.234 e. The lowest BCUT2D eigenvalue weighted by Crippen LogP contribution is -2.52. The number of amides is 1. The molecule has 1 aliphatic heterocycles. The van der Waals surface area contributed by atoms with Gasteiger partial charge in [-0.1, -0.05) is 6.92 Å². The van der Waals surface area contributed by atoms with E-state index < -0.39 is 0 Å². The Kier molecular flexibility index (Phi) is 2.27. The van der Waals surface area contributed by atoms with Crippen LogP contribution in [0.1, 0.15) is 13.3 Å². The minimum atomic E-state index is 0.146. The van der Waals surface area contributed by atoms with E-state index >= 15 is 0 Å². The van der Waals surface area contributed by atoms with E-state index in [-0.39, 0.29) is 5.91 Å². The van der Waals surface area contributed by atoms with Crippen molar-refractivity contribution in [3.8, 4) is 0 Å². The van der Waals surface area contributed by atoms with Crippen LogP contribution in [0.15, 0.2) is 0 Å². The molecule has 1 N–H and O–H groups in total. The van der Waals surface area contributed by atoms with Gasteiger partial charge in [-0.2, -0.15) is 0 Å². The van der Waals surface area contributed by atoms with E-state index in [9.17, 15) is 4.79 Å². The second kappa shape index (κ2) is 3.01. The van der Waals surface area contributed by atoms with Crippen molar-refractivity contribution in [3.63, 3.8) is 0 Å². The van der Waals surface area contributed by atoms with Gasteiger partial charge in [-0.15, -0.1) is 0 Å². The summed E-state index contributed by atoms with van der Waals surface area (Å²) in [5.74, 6) is 0.146. The molecule has 0 radical (unpaired) electrons. The van der Waals surface area contributed by atoms with Gasteiger partial charge in [-0.3, -0.25) is 9.69 Å². The van der Waals surface area contributed by atoms with Crippen LogP contribution < -0.4 is 5.32 Å². The lowest BCUT2D eigenvalue weighted by Gasteiger charge is -2.31. The highest BCUT2D eigenvalue weighted by Gasteiger charge is 2.20. The summed E-state index contributed by atoms with van der Waals surface area (Å²) in [5, 5.41) is 2.83. The Labute approximate surface area is 61.4 Å². The van der Waals surface area contributed by atoms with Crippen molar-refractivity contribution in [2.45, 2.75) is 19.4 Å². The van der Waals surface area contributed by atoms with Gasteiger partial charge in [-0.05, 0) is 13.5 Å². The molecule has 1 aliphatic rings. The SMILES string of the molecule is CC[C@@H]1CNC(=O)CN1C. The lowest BCUT2D eigenvalue weighted by molar-refractivity contribution is -0.124. The Hall–Kier alpha value is -0.570. The molecule has 0 aliphatic carbocycles. The zero-order valence-electron chi connectivity index (χ0n) is 6.55. The third kappa shape index (κ3) is 1.48. The summed E-state index contributed by atoms with van der Waals surface area (Å²) in [6.45, 7) is 3.50. The molecule has 0 bridgehead atoms. The molecule has 0 aromatic rings. The van der Waals surface area contributed by atoms with Crippen molar-refractivity contribution in [3.05, 3.63) is 0 Å². The Bertz CT molecular complexity index is 136. The van der Waals surface area contributed by atoms with E-state index in [0.717, 1.165) is 13.0 Å². The molecule has 1 atom stereocenters. The van der Waals surface area contributed by atoms with Gasteiger partial charge in [0.05, 0.1) is 6.54 Å². The van der Waals surface area contributed by atoms with Gasteiger partial charge in [0.2, 0.25) is 5.91 Å². The quantitative estimate of drug-likeness (QED) is 0.551. The molecule has 10 heavy (non-hydrogen) atoms. The number of piperazine rings is 1. The molecule has 1 rings (SSSR count). The maximum absolute atomic E-state index is 10.8. The van der Waals surface area contributed by atoms with Gasteiger partial charge in [-0.25, -0.2) is 0 Å². The molecule has 0 spiro atoms. The average molecular weight is 142 g/mol. The van der Waals surface area contributed by atoms with Gasteiger partial charge < -0.3 is 5.32 Å². The van der Waals surface area contributed by atoms with E-state index in [1.54, 1.807) is 0 Å². The van der Waals surface area contributed by atoms with Crippen LogP contribution in [0.25, 0.3) is 0 Å². The minimum Gasteiger partial charge on any atom is -0.353 e. The summed E-state index contributed by atoms with van der Waals surface area (Å²) in [4.78, 5) is 12.9. The first-order chi connectivity index (χ1) is 4.74. The Morgan fingerprint density at radius 1 is 1.80 bits per heavy atom. The van der Waals surface area contributed by atoms with Gasteiger partial charge in [0.1, 0.15) is 0 Å². The van der Waals surface area contributed by atoms with E-state index in [0.29, 0.717) is 12.6 Å². The minimum absolute atomic E-state index is 0.146. The highest BCUT2D eigenvalue weighted by atomic mass is 16.2. The third-order valence-corrected chi connectivity index (χ3v) is 2.02. The zero-order valence-corrected chi connectivity index (χ0v) is 6.55. The number of hydrogen-bond donors (Lipinski definition) is 1. The molecule has 3 nitrogen and oxygen atoms in total. The lowest BCUT2D eigenvalue weighted by atomic mass is 10.1. The van der Waals surface area contributed by atoms with E-state index in [4.69, 9.17) is 0 Å². The van der Waals surface area contributed by atoms with Crippen molar-refractivity contribution in [2.24, 2.45) is 0 Å². The second-order valence-corrected chi connectivity index (χ2v) is 2.78. The molecule has 0 unspecified atom stereocenters. The van der Waals surface area contributed by atoms with Gasteiger partial charge in [0.25, 0.3) is 0 Å². The normalized spacial score (nSPS) is 28.2. The molecule has 58 valence electrons. The van der Waals surface area contributed by atoms with Crippen LogP contribution in [0, 0.1) is 0 Å². The fraction of sp³-hybridized carbons (Fsp3) is 0.857. The molecule has 1 fully saturated rings. The fourth-order valence-electron chi connectivity index (χ4n) is 1.26. The van der Waals surface area contributed by atoms with E-state index in [1.165, 1.54) is 0 Å². The zero-order chi connectivity index (χ0) is 7.56. The van der Waals surface area contributed by atoms with Crippen molar-refractivity contribution in [2.75, 3.05) is 20.1 Å². The molecule has 3 heteroatoms. The number of hydrogen-bond acceptors (Lipinski definition) is 2. The van der Waals surface area contributed by atoms with E-state index in [2.05, 4.69) is 17.1 Å². The van der Waals surface area contributed by atoms with Gasteiger partial charge >= 0.3 is 0 Å². The first-order valence-corrected chi connectivity index (χ1v) is 3.71. The van der Waals surface area contributed by atoms with E-state index in [1.807, 2.05) is 7.05 Å². The number of carbonyl (C=O) groups excluding carboxylic acids is 1. The Balaban J connectivity index is 2.43. The fourth-order valence-corrected chi connectivity index (χ4v) is 1.26. The maximum atomic E-state index is 10.8. The number of nitrogens with one attached hydrogen (secondary N) is 1. The average Bonchev–Trinajstić information content (AvgIpc) is 1.88. The van der Waals surface area contributed by atoms with Crippen molar-refractivity contribution >= 4 is 5.91 Å². The molecule has 0 aromatic heterocycles. The van der Waals surface area contributed by atoms with Crippen molar-refractivity contribution in [1.29, 1.82) is 0 Å². The van der Waals surface area contributed by atoms with Crippen LogP contribution in [-0.4, -0.2) is 37.0 Å². The Morgan fingerprint density at radius 3 is 3.00 bits per heavy atom. The van der Waals surface area contributed by atoms with Crippen molar-refractivity contribution < 1.29 is 4.79 Å². The van der Waals surface area contributed by atoms with Gasteiger partial charge in [0, 0.05) is 12.6 Å². The molecule has 1 saturated heterocycles. The predicted octanol–water partition coefficient (Wildman–Crippen LogP) is -0.173. The summed E-state index contributed by atoms with van der Waals surface area (Å²) in [6, 6.07) is 0.540. The Morgan fingerprint density at radius 2 is 2.50 bits per heavy atom. The van der Waals surface area contributed by atoms with Gasteiger partial charge in [0.15, 0.2) is 0 Å². The largest absolute Gasteiger partial charge is 0.353 e. The predicted molar refractivity (Wildman–Crippen MR) is 39.7 cm³/mol. The van der Waals surface area contributed by atoms with Crippen LogP contribution >= 0.6 is 0 Å². The molecule has 1 heterocycles. The second-order valence-electron chi connectivity index (χ2n) is 2.78. The van der Waals surface area contributed by atoms with Crippen molar-refractivity contribution in [1.82, 2.24) is 10.2 Å². The molecule has 0 aromatic carbocycles. The van der Waals surface area contributed by atoms with Crippen LogP contribution in [0.4, 0.5) is 0 Å². The molecular formula is C7H14N2O. The van der Waals surface area contributed by atoms with Crippen LogP contribution in [0.3, 0.4) is 0 Å². The number of rotatable bonds is 1. The highest BCUT2D eigenvalue weighted by Crippen LogP contribution is 2.03. The number of nitrogens with zero attached hydrogens (tertiary/aromatic N) is 1. The first-order valence-electron chi connectivity index (χ1n) is 3.71. The van der Waals surface area contributed by atoms with Crippen LogP contribution in [0.2, 0.25) is 0 Å². The topological polar surface area (TPSA) is 32.3 Å². The molecular weight excluding hydrogens is 128 g/mol. The summed E-state index contributed by atoms with van der Waals surface area (Å²) < 4.78 is 0. The highest BCUT2D eigenvalue weighted by molar-refractivity contribution is 5.78. The summed E-state index contributed by atoms with van der Waals surface area (Å²) >= 11 is 0. The number of likely N-dealkylation sites (N-methyl/N-ethyl adjacent to an activating group) is 1. The van der Waals surface area contributed by atoms with Crippen LogP contribution in [-0.2, 0) is 4.79 Å². The number of carbonyl (C=O) groups is 1. The third-order valence-electron chi connectivity index (χ3n) is 2.02.